The van der Waals surface area contributed by atoms with E-state index < -0.39 is 16.7 Å². The van der Waals surface area contributed by atoms with Gasteiger partial charge in [-0.25, -0.2) is 8.78 Å². The number of halogens is 2. The molecule has 0 aliphatic rings. The van der Waals surface area contributed by atoms with Gasteiger partial charge in [-0.15, -0.1) is 0 Å². The summed E-state index contributed by atoms with van der Waals surface area (Å²) in [5.41, 5.74) is 0. The third-order valence-corrected chi connectivity index (χ3v) is 1.45. The van der Waals surface area contributed by atoms with Crippen LogP contribution in [0.25, 0.3) is 0 Å². The van der Waals surface area contributed by atoms with Crippen molar-refractivity contribution >= 4 is 10.3 Å². The molecule has 0 aromatic rings. The minimum absolute atomic E-state index is 0.0114. The monoisotopic (exact) mass is 189 g/mol. The lowest BCUT2D eigenvalue weighted by Crippen LogP contribution is -2.23. The molecule has 0 amide bonds. The van der Waals surface area contributed by atoms with Gasteiger partial charge in [0.2, 0.25) is 6.43 Å². The summed E-state index contributed by atoms with van der Waals surface area (Å²) >= 11 is 0. The van der Waals surface area contributed by atoms with Crippen LogP contribution >= 0.6 is 0 Å². The van der Waals surface area contributed by atoms with Crippen molar-refractivity contribution in [3.8, 4) is 0 Å². The summed E-state index contributed by atoms with van der Waals surface area (Å²) in [5, 5.41) is 0. The third-order valence-electron chi connectivity index (χ3n) is 0.884. The van der Waals surface area contributed by atoms with Crippen LogP contribution in [-0.2, 0) is 10.3 Å². The van der Waals surface area contributed by atoms with Crippen LogP contribution in [0.3, 0.4) is 0 Å². The molecule has 0 aliphatic heterocycles. The Morgan fingerprint density at radius 3 is 2.36 bits per heavy atom. The van der Waals surface area contributed by atoms with Gasteiger partial charge in [-0.2, -0.15) is 13.1 Å². The minimum Gasteiger partial charge on any atom is -0.273 e. The summed E-state index contributed by atoms with van der Waals surface area (Å²) in [5.74, 6) is 0. The second kappa shape index (κ2) is 4.58. The van der Waals surface area contributed by atoms with Crippen LogP contribution in [0.5, 0.6) is 0 Å². The van der Waals surface area contributed by atoms with E-state index in [1.54, 1.807) is 4.72 Å². The predicted octanol–water partition coefficient (Wildman–Crippen LogP) is 0.424. The fourth-order valence-corrected chi connectivity index (χ4v) is 0.860. The van der Waals surface area contributed by atoms with Crippen molar-refractivity contribution in [3.63, 3.8) is 0 Å². The third kappa shape index (κ3) is 9.73. The van der Waals surface area contributed by atoms with Crippen LogP contribution in [0.2, 0.25) is 0 Å². The van der Waals surface area contributed by atoms with Gasteiger partial charge in [-0.1, -0.05) is 0 Å². The van der Waals surface area contributed by atoms with Crippen LogP contribution < -0.4 is 4.72 Å². The van der Waals surface area contributed by atoms with E-state index in [1.807, 2.05) is 0 Å². The first-order valence-corrected chi connectivity index (χ1v) is 4.36. The average Bonchev–Trinajstić information content (AvgIpc) is 1.78. The van der Waals surface area contributed by atoms with Crippen molar-refractivity contribution in [1.29, 1.82) is 0 Å². The van der Waals surface area contributed by atoms with Crippen molar-refractivity contribution < 1.29 is 21.8 Å². The SMILES string of the molecule is O=S(=O)(O)NCCCC(F)F. The van der Waals surface area contributed by atoms with Gasteiger partial charge in [0.15, 0.2) is 0 Å². The smallest absolute Gasteiger partial charge is 0.273 e. The molecule has 2 N–H and O–H groups in total. The molecule has 0 aromatic heterocycles. The molecule has 0 heterocycles. The van der Waals surface area contributed by atoms with Gasteiger partial charge in [0, 0.05) is 13.0 Å². The Labute approximate surface area is 63.5 Å². The largest absolute Gasteiger partial charge is 0.333 e. The molecule has 0 rings (SSSR count). The molecule has 0 radical (unpaired) electrons. The molecule has 0 saturated heterocycles. The lowest BCUT2D eigenvalue weighted by molar-refractivity contribution is 0.135. The van der Waals surface area contributed by atoms with Gasteiger partial charge in [-0.05, 0) is 6.42 Å². The maximum atomic E-state index is 11.4. The molecule has 7 heteroatoms. The highest BCUT2D eigenvalue weighted by atomic mass is 32.2. The van der Waals surface area contributed by atoms with Crippen LogP contribution in [0, 0.1) is 0 Å². The molecule has 0 aromatic carbocycles. The number of rotatable bonds is 5. The minimum atomic E-state index is -4.22. The van der Waals surface area contributed by atoms with E-state index in [2.05, 4.69) is 0 Å². The van der Waals surface area contributed by atoms with Gasteiger partial charge in [0.25, 0.3) is 0 Å². The summed E-state index contributed by atoms with van der Waals surface area (Å²) in [4.78, 5) is 0. The molecule has 0 bridgehead atoms. The van der Waals surface area contributed by atoms with Gasteiger partial charge in [-0.3, -0.25) is 4.55 Å². The first kappa shape index (κ1) is 10.7. The summed E-state index contributed by atoms with van der Waals surface area (Å²) in [6.07, 6.45) is -2.79. The number of nitrogens with one attached hydrogen (secondary N) is 1. The molecule has 0 atom stereocenters. The van der Waals surface area contributed by atoms with Gasteiger partial charge >= 0.3 is 10.3 Å². The Morgan fingerprint density at radius 1 is 1.45 bits per heavy atom. The normalized spacial score (nSPS) is 12.4. The molecular formula is C4H9F2NO3S. The van der Waals surface area contributed by atoms with E-state index in [0.717, 1.165) is 0 Å². The van der Waals surface area contributed by atoms with E-state index in [4.69, 9.17) is 4.55 Å². The van der Waals surface area contributed by atoms with Crippen LogP contribution in [-0.4, -0.2) is 25.9 Å². The molecule has 11 heavy (non-hydrogen) atoms. The van der Waals surface area contributed by atoms with Gasteiger partial charge in [0.1, 0.15) is 0 Å². The first-order valence-electron chi connectivity index (χ1n) is 2.92. The van der Waals surface area contributed by atoms with Crippen LogP contribution in [0.1, 0.15) is 12.8 Å². The molecule has 0 aliphatic carbocycles. The fourth-order valence-electron chi connectivity index (χ4n) is 0.458. The molecule has 0 unspecified atom stereocenters. The second-order valence-corrected chi connectivity index (χ2v) is 3.14. The number of hydrogen-bond donors (Lipinski definition) is 2. The fraction of sp³-hybridized carbons (Fsp3) is 1.00. The van der Waals surface area contributed by atoms with Crippen LogP contribution in [0.4, 0.5) is 8.78 Å². The zero-order valence-electron chi connectivity index (χ0n) is 5.63. The van der Waals surface area contributed by atoms with Crippen molar-refractivity contribution in [1.82, 2.24) is 4.72 Å². The van der Waals surface area contributed by atoms with Gasteiger partial charge < -0.3 is 0 Å². The summed E-state index contributed by atoms with van der Waals surface area (Å²) in [6.45, 7) is -0.164. The summed E-state index contributed by atoms with van der Waals surface area (Å²) in [7, 11) is -4.22. The Balaban J connectivity index is 3.30. The lowest BCUT2D eigenvalue weighted by atomic mass is 10.3. The zero-order chi connectivity index (χ0) is 8.91. The average molecular weight is 189 g/mol. The van der Waals surface area contributed by atoms with E-state index >= 15 is 0 Å². The molecule has 0 saturated carbocycles. The van der Waals surface area contributed by atoms with Crippen LogP contribution in [0.15, 0.2) is 0 Å². The second-order valence-electron chi connectivity index (χ2n) is 1.90. The molecule has 4 nitrogen and oxygen atoms in total. The quantitative estimate of drug-likeness (QED) is 0.486. The highest BCUT2D eigenvalue weighted by molar-refractivity contribution is 7.83. The topological polar surface area (TPSA) is 66.4 Å². The lowest BCUT2D eigenvalue weighted by Gasteiger charge is -1.99. The molecule has 68 valence electrons. The first-order chi connectivity index (χ1) is 4.92. The van der Waals surface area contributed by atoms with E-state index in [-0.39, 0.29) is 19.4 Å². The Bertz CT molecular complexity index is 192. The maximum absolute atomic E-state index is 11.4. The summed E-state index contributed by atoms with van der Waals surface area (Å²) < 4.78 is 52.4. The highest BCUT2D eigenvalue weighted by Gasteiger charge is 2.04. The molecule has 0 fully saturated rings. The Kier molecular flexibility index (Phi) is 4.46. The Hall–Kier alpha value is -0.270. The van der Waals surface area contributed by atoms with E-state index in [0.29, 0.717) is 0 Å². The van der Waals surface area contributed by atoms with Crippen molar-refractivity contribution in [3.05, 3.63) is 0 Å². The summed E-state index contributed by atoms with van der Waals surface area (Å²) in [6, 6.07) is 0. The van der Waals surface area contributed by atoms with Crippen molar-refractivity contribution in [2.75, 3.05) is 6.54 Å². The maximum Gasteiger partial charge on any atom is 0.333 e. The molecular weight excluding hydrogens is 180 g/mol. The zero-order valence-corrected chi connectivity index (χ0v) is 6.44. The van der Waals surface area contributed by atoms with Gasteiger partial charge in [0.05, 0.1) is 0 Å². The molecule has 0 spiro atoms. The standard InChI is InChI=1S/C4H9F2NO3S/c5-4(6)2-1-3-7-11(8,9)10/h4,7H,1-3H2,(H,8,9,10). The van der Waals surface area contributed by atoms with Crippen molar-refractivity contribution in [2.45, 2.75) is 19.3 Å². The van der Waals surface area contributed by atoms with E-state index in [9.17, 15) is 17.2 Å². The predicted molar refractivity (Wildman–Crippen MR) is 34.8 cm³/mol. The highest BCUT2D eigenvalue weighted by Crippen LogP contribution is 2.01. The number of hydrogen-bond acceptors (Lipinski definition) is 2. The van der Waals surface area contributed by atoms with Crippen molar-refractivity contribution in [2.24, 2.45) is 0 Å². The number of alkyl halides is 2. The van der Waals surface area contributed by atoms with E-state index in [1.165, 1.54) is 0 Å². The Morgan fingerprint density at radius 2 is 2.00 bits per heavy atom.